The van der Waals surface area contributed by atoms with E-state index in [4.69, 9.17) is 4.74 Å². The van der Waals surface area contributed by atoms with Crippen molar-refractivity contribution in [2.75, 3.05) is 6.54 Å². The number of ether oxygens (including phenoxy) is 1. The number of esters is 1. The summed E-state index contributed by atoms with van der Waals surface area (Å²) in [4.78, 5) is 27.7. The number of benzene rings is 1. The van der Waals surface area contributed by atoms with E-state index in [9.17, 15) is 9.59 Å². The molecule has 6 heteroatoms. The second-order valence-electron chi connectivity index (χ2n) is 4.35. The largest absolute Gasteiger partial charge is 0.448 e. The Hall–Kier alpha value is -2.21. The highest BCUT2D eigenvalue weighted by molar-refractivity contribution is 7.13. The Balaban J connectivity index is 2.04. The molecule has 0 aliphatic rings. The summed E-state index contributed by atoms with van der Waals surface area (Å²) in [6, 6.07) is 9.58. The van der Waals surface area contributed by atoms with E-state index < -0.39 is 12.1 Å². The van der Waals surface area contributed by atoms with E-state index in [1.165, 1.54) is 18.3 Å². The standard InChI is InChI=1S/C15H16N2O3S/c1-3-16-13(18)10(2)20-15(19)12-9-21-14(17-12)11-7-5-4-6-8-11/h4-10H,3H2,1-2H3,(H,16,18)/t10-/m1/s1. The van der Waals surface area contributed by atoms with Gasteiger partial charge in [-0.15, -0.1) is 11.3 Å². The van der Waals surface area contributed by atoms with Crippen LogP contribution in [0.1, 0.15) is 24.3 Å². The Bertz CT molecular complexity index is 625. The summed E-state index contributed by atoms with van der Waals surface area (Å²) in [5.74, 6) is -0.906. The lowest BCUT2D eigenvalue weighted by molar-refractivity contribution is -0.128. The van der Waals surface area contributed by atoms with Crippen LogP contribution < -0.4 is 5.32 Å². The number of rotatable bonds is 5. The van der Waals surface area contributed by atoms with E-state index in [-0.39, 0.29) is 11.6 Å². The molecule has 0 saturated carbocycles. The highest BCUT2D eigenvalue weighted by Crippen LogP contribution is 2.23. The maximum absolute atomic E-state index is 12.0. The molecule has 0 spiro atoms. The minimum atomic E-state index is -0.834. The summed E-state index contributed by atoms with van der Waals surface area (Å²) in [6.45, 7) is 3.84. The van der Waals surface area contributed by atoms with Crippen LogP contribution in [0.25, 0.3) is 10.6 Å². The summed E-state index contributed by atoms with van der Waals surface area (Å²) in [5, 5.41) is 4.98. The van der Waals surface area contributed by atoms with Crippen LogP contribution in [0.5, 0.6) is 0 Å². The molecular formula is C15H16N2O3S. The zero-order valence-corrected chi connectivity index (χ0v) is 12.6. The second kappa shape index (κ2) is 6.99. The van der Waals surface area contributed by atoms with E-state index in [0.717, 1.165) is 10.6 Å². The van der Waals surface area contributed by atoms with Crippen LogP contribution >= 0.6 is 11.3 Å². The first-order chi connectivity index (χ1) is 10.1. The SMILES string of the molecule is CCNC(=O)[C@@H](C)OC(=O)c1csc(-c2ccccc2)n1. The Morgan fingerprint density at radius 2 is 2.05 bits per heavy atom. The normalized spacial score (nSPS) is 11.7. The van der Waals surface area contributed by atoms with Gasteiger partial charge < -0.3 is 10.1 Å². The molecule has 5 nitrogen and oxygen atoms in total. The number of hydrogen-bond acceptors (Lipinski definition) is 5. The molecule has 110 valence electrons. The van der Waals surface area contributed by atoms with Gasteiger partial charge in [0.05, 0.1) is 0 Å². The smallest absolute Gasteiger partial charge is 0.358 e. The van der Waals surface area contributed by atoms with Crippen LogP contribution in [0.3, 0.4) is 0 Å². The lowest BCUT2D eigenvalue weighted by Gasteiger charge is -2.11. The summed E-state index contributed by atoms with van der Waals surface area (Å²) >= 11 is 1.36. The molecule has 0 aliphatic carbocycles. The predicted molar refractivity (Wildman–Crippen MR) is 81.1 cm³/mol. The highest BCUT2D eigenvalue weighted by Gasteiger charge is 2.20. The molecule has 0 bridgehead atoms. The summed E-state index contributed by atoms with van der Waals surface area (Å²) < 4.78 is 5.09. The lowest BCUT2D eigenvalue weighted by Crippen LogP contribution is -2.35. The van der Waals surface area contributed by atoms with Gasteiger partial charge in [-0.3, -0.25) is 4.79 Å². The van der Waals surface area contributed by atoms with Gasteiger partial charge in [-0.2, -0.15) is 0 Å². The van der Waals surface area contributed by atoms with Crippen molar-refractivity contribution in [1.29, 1.82) is 0 Å². The molecule has 0 fully saturated rings. The van der Waals surface area contributed by atoms with E-state index in [1.54, 1.807) is 12.3 Å². The van der Waals surface area contributed by atoms with Gasteiger partial charge in [0.2, 0.25) is 0 Å². The molecule has 1 heterocycles. The molecule has 0 unspecified atom stereocenters. The molecule has 0 saturated heterocycles. The molecule has 0 radical (unpaired) electrons. The van der Waals surface area contributed by atoms with Gasteiger partial charge in [-0.1, -0.05) is 30.3 Å². The van der Waals surface area contributed by atoms with Gasteiger partial charge in [0.1, 0.15) is 5.01 Å². The zero-order valence-electron chi connectivity index (χ0n) is 11.8. The number of nitrogens with one attached hydrogen (secondary N) is 1. The molecule has 2 aromatic rings. The third kappa shape index (κ3) is 3.88. The molecular weight excluding hydrogens is 288 g/mol. The number of carbonyl (C=O) groups is 2. The van der Waals surface area contributed by atoms with E-state index in [1.807, 2.05) is 30.3 Å². The Morgan fingerprint density at radius 1 is 1.33 bits per heavy atom. The minimum Gasteiger partial charge on any atom is -0.448 e. The summed E-state index contributed by atoms with van der Waals surface area (Å²) in [5.41, 5.74) is 1.16. The van der Waals surface area contributed by atoms with Crippen molar-refractivity contribution in [3.63, 3.8) is 0 Å². The molecule has 1 aromatic carbocycles. The van der Waals surface area contributed by atoms with Crippen LogP contribution in [0.2, 0.25) is 0 Å². The molecule has 0 aliphatic heterocycles. The van der Waals surface area contributed by atoms with E-state index in [2.05, 4.69) is 10.3 Å². The fourth-order valence-corrected chi connectivity index (χ4v) is 2.47. The minimum absolute atomic E-state index is 0.218. The van der Waals surface area contributed by atoms with Gasteiger partial charge in [0.25, 0.3) is 5.91 Å². The fraction of sp³-hybridized carbons (Fsp3) is 0.267. The van der Waals surface area contributed by atoms with Crippen LogP contribution in [0, 0.1) is 0 Å². The van der Waals surface area contributed by atoms with Crippen molar-refractivity contribution in [1.82, 2.24) is 10.3 Å². The van der Waals surface area contributed by atoms with Crippen LogP contribution in [0.4, 0.5) is 0 Å². The van der Waals surface area contributed by atoms with Gasteiger partial charge in [-0.25, -0.2) is 9.78 Å². The number of carbonyl (C=O) groups excluding carboxylic acids is 2. The molecule has 1 N–H and O–H groups in total. The van der Waals surface area contributed by atoms with Gasteiger partial charge >= 0.3 is 5.97 Å². The van der Waals surface area contributed by atoms with Gasteiger partial charge in [0.15, 0.2) is 11.8 Å². The average molecular weight is 304 g/mol. The molecule has 1 atom stereocenters. The number of hydrogen-bond donors (Lipinski definition) is 1. The first-order valence-electron chi connectivity index (χ1n) is 6.61. The van der Waals surface area contributed by atoms with Crippen molar-refractivity contribution in [2.45, 2.75) is 20.0 Å². The first kappa shape index (κ1) is 15.2. The fourth-order valence-electron chi connectivity index (χ4n) is 1.67. The number of likely N-dealkylation sites (N-methyl/N-ethyl adjacent to an activating group) is 1. The quantitative estimate of drug-likeness (QED) is 0.862. The summed E-state index contributed by atoms with van der Waals surface area (Å²) in [6.07, 6.45) is -0.834. The zero-order chi connectivity index (χ0) is 15.2. The van der Waals surface area contributed by atoms with Gasteiger partial charge in [-0.05, 0) is 13.8 Å². The molecule has 1 aromatic heterocycles. The molecule has 2 rings (SSSR count). The van der Waals surface area contributed by atoms with E-state index in [0.29, 0.717) is 6.54 Å². The van der Waals surface area contributed by atoms with Crippen molar-refractivity contribution in [3.8, 4) is 10.6 Å². The number of aromatic nitrogens is 1. The summed E-state index contributed by atoms with van der Waals surface area (Å²) in [7, 11) is 0. The van der Waals surface area contributed by atoms with Crippen molar-refractivity contribution in [2.24, 2.45) is 0 Å². The van der Waals surface area contributed by atoms with Crippen LogP contribution in [0.15, 0.2) is 35.7 Å². The molecule has 1 amide bonds. The monoisotopic (exact) mass is 304 g/mol. The van der Waals surface area contributed by atoms with Crippen molar-refractivity contribution >= 4 is 23.2 Å². The number of amides is 1. The van der Waals surface area contributed by atoms with Crippen LogP contribution in [-0.2, 0) is 9.53 Å². The third-order valence-electron chi connectivity index (χ3n) is 2.74. The second-order valence-corrected chi connectivity index (χ2v) is 5.20. The lowest BCUT2D eigenvalue weighted by atomic mass is 10.2. The van der Waals surface area contributed by atoms with Crippen molar-refractivity contribution < 1.29 is 14.3 Å². The Morgan fingerprint density at radius 3 is 2.71 bits per heavy atom. The number of nitrogens with zero attached hydrogens (tertiary/aromatic N) is 1. The Kier molecular flexibility index (Phi) is 5.05. The third-order valence-corrected chi connectivity index (χ3v) is 3.63. The van der Waals surface area contributed by atoms with Crippen LogP contribution in [-0.4, -0.2) is 29.5 Å². The molecule has 21 heavy (non-hydrogen) atoms. The van der Waals surface area contributed by atoms with Gasteiger partial charge in [0, 0.05) is 17.5 Å². The Labute approximate surface area is 127 Å². The maximum atomic E-state index is 12.0. The van der Waals surface area contributed by atoms with Crippen molar-refractivity contribution in [3.05, 3.63) is 41.4 Å². The first-order valence-corrected chi connectivity index (χ1v) is 7.49. The van der Waals surface area contributed by atoms with E-state index >= 15 is 0 Å². The topological polar surface area (TPSA) is 68.3 Å². The maximum Gasteiger partial charge on any atom is 0.358 e. The predicted octanol–water partition coefficient (Wildman–Crippen LogP) is 2.49. The highest BCUT2D eigenvalue weighted by atomic mass is 32.1. The number of thiazole rings is 1. The average Bonchev–Trinajstić information content (AvgIpc) is 2.98.